The van der Waals surface area contributed by atoms with Gasteiger partial charge in [0.1, 0.15) is 5.75 Å². The summed E-state index contributed by atoms with van der Waals surface area (Å²) >= 11 is 0. The van der Waals surface area contributed by atoms with Crippen LogP contribution in [0.15, 0.2) is 48.5 Å². The molecular formula is C16H14N4O3. The van der Waals surface area contributed by atoms with E-state index in [1.807, 2.05) is 48.5 Å². The Balaban J connectivity index is 1.81. The molecule has 7 heteroatoms. The maximum Gasteiger partial charge on any atom is 0.327 e. The normalized spacial score (nSPS) is 10.5. The summed E-state index contributed by atoms with van der Waals surface area (Å²) in [5, 5.41) is 20.3. The van der Waals surface area contributed by atoms with Gasteiger partial charge in [-0.3, -0.25) is 4.79 Å². The van der Waals surface area contributed by atoms with Crippen molar-refractivity contribution in [2.75, 3.05) is 7.11 Å². The Morgan fingerprint density at radius 2 is 1.61 bits per heavy atom. The molecular weight excluding hydrogens is 296 g/mol. The summed E-state index contributed by atoms with van der Waals surface area (Å²) in [6.07, 6.45) is 0. The van der Waals surface area contributed by atoms with Crippen molar-refractivity contribution in [3.8, 4) is 28.3 Å². The molecule has 0 fully saturated rings. The quantitative estimate of drug-likeness (QED) is 0.776. The highest BCUT2D eigenvalue weighted by Crippen LogP contribution is 2.24. The Bertz CT molecular complexity index is 810. The maximum absolute atomic E-state index is 10.6. The first-order chi connectivity index (χ1) is 11.2. The van der Waals surface area contributed by atoms with Crippen molar-refractivity contribution in [3.63, 3.8) is 0 Å². The van der Waals surface area contributed by atoms with E-state index in [0.29, 0.717) is 5.82 Å². The topological polar surface area (TPSA) is 90.1 Å². The number of benzene rings is 2. The maximum atomic E-state index is 10.6. The van der Waals surface area contributed by atoms with E-state index in [9.17, 15) is 4.79 Å². The minimum atomic E-state index is -1.01. The zero-order valence-corrected chi connectivity index (χ0v) is 12.4. The Morgan fingerprint density at radius 3 is 2.17 bits per heavy atom. The lowest BCUT2D eigenvalue weighted by molar-refractivity contribution is -0.138. The van der Waals surface area contributed by atoms with Crippen molar-refractivity contribution in [1.82, 2.24) is 20.2 Å². The molecule has 0 bridgehead atoms. The molecule has 1 heterocycles. The van der Waals surface area contributed by atoms with Crippen LogP contribution in [0.3, 0.4) is 0 Å². The minimum Gasteiger partial charge on any atom is -0.497 e. The lowest BCUT2D eigenvalue weighted by atomic mass is 10.0. The lowest BCUT2D eigenvalue weighted by Crippen LogP contribution is -2.11. The fourth-order valence-electron chi connectivity index (χ4n) is 2.14. The standard InChI is InChI=1S/C16H14N4O3/c1-23-14-8-6-12(7-9-14)11-2-4-13(5-3-11)16-17-19-20(18-16)10-15(21)22/h2-9H,10H2,1H3,(H,21,22). The molecule has 0 aliphatic heterocycles. The highest BCUT2D eigenvalue weighted by Gasteiger charge is 2.08. The Kier molecular flexibility index (Phi) is 4.01. The van der Waals surface area contributed by atoms with E-state index >= 15 is 0 Å². The number of methoxy groups -OCH3 is 1. The van der Waals surface area contributed by atoms with Gasteiger partial charge in [0.25, 0.3) is 0 Å². The monoisotopic (exact) mass is 310 g/mol. The van der Waals surface area contributed by atoms with E-state index in [2.05, 4.69) is 15.4 Å². The second kappa shape index (κ2) is 6.27. The number of carboxylic acid groups (broad SMARTS) is 1. The number of aromatic nitrogens is 4. The second-order valence-electron chi connectivity index (χ2n) is 4.84. The molecule has 23 heavy (non-hydrogen) atoms. The van der Waals surface area contributed by atoms with Crippen molar-refractivity contribution in [2.24, 2.45) is 0 Å². The molecule has 0 aliphatic carbocycles. The van der Waals surface area contributed by atoms with Crippen molar-refractivity contribution in [1.29, 1.82) is 0 Å². The zero-order valence-electron chi connectivity index (χ0n) is 12.4. The molecule has 116 valence electrons. The van der Waals surface area contributed by atoms with Crippen molar-refractivity contribution in [3.05, 3.63) is 48.5 Å². The van der Waals surface area contributed by atoms with Crippen molar-refractivity contribution < 1.29 is 14.6 Å². The summed E-state index contributed by atoms with van der Waals surface area (Å²) < 4.78 is 5.14. The predicted molar refractivity (Wildman–Crippen MR) is 82.9 cm³/mol. The molecule has 0 saturated carbocycles. The Hall–Kier alpha value is -3.22. The van der Waals surface area contributed by atoms with Crippen LogP contribution in [0, 0.1) is 0 Å². The summed E-state index contributed by atoms with van der Waals surface area (Å²) in [4.78, 5) is 11.7. The average Bonchev–Trinajstić information content (AvgIpc) is 3.03. The fraction of sp³-hybridized carbons (Fsp3) is 0.125. The van der Waals surface area contributed by atoms with Gasteiger partial charge in [-0.2, -0.15) is 4.80 Å². The molecule has 0 aliphatic rings. The van der Waals surface area contributed by atoms with Crippen LogP contribution in [0.1, 0.15) is 0 Å². The number of carboxylic acids is 1. The van der Waals surface area contributed by atoms with Gasteiger partial charge in [0.05, 0.1) is 7.11 Å². The Labute approximate surface area is 132 Å². The predicted octanol–water partition coefficient (Wildman–Crippen LogP) is 2.10. The average molecular weight is 310 g/mol. The third kappa shape index (κ3) is 3.34. The van der Waals surface area contributed by atoms with Gasteiger partial charge in [-0.05, 0) is 28.5 Å². The molecule has 0 unspecified atom stereocenters. The van der Waals surface area contributed by atoms with Crippen LogP contribution in [0.25, 0.3) is 22.5 Å². The van der Waals surface area contributed by atoms with Crippen LogP contribution in [0.4, 0.5) is 0 Å². The molecule has 3 rings (SSSR count). The smallest absolute Gasteiger partial charge is 0.327 e. The number of carbonyl (C=O) groups is 1. The van der Waals surface area contributed by atoms with E-state index in [1.54, 1.807) is 7.11 Å². The largest absolute Gasteiger partial charge is 0.497 e. The number of aliphatic carboxylic acids is 1. The summed E-state index contributed by atoms with van der Waals surface area (Å²) in [5.74, 6) is 0.195. The van der Waals surface area contributed by atoms with Gasteiger partial charge in [0, 0.05) is 5.56 Å². The van der Waals surface area contributed by atoms with Gasteiger partial charge in [-0.25, -0.2) is 0 Å². The number of ether oxygens (including phenoxy) is 1. The SMILES string of the molecule is COc1ccc(-c2ccc(-c3nnn(CC(=O)O)n3)cc2)cc1. The molecule has 7 nitrogen and oxygen atoms in total. The van der Waals surface area contributed by atoms with Crippen LogP contribution >= 0.6 is 0 Å². The molecule has 0 spiro atoms. The molecule has 3 aromatic rings. The summed E-state index contributed by atoms with van der Waals surface area (Å²) in [5.41, 5.74) is 2.90. The third-order valence-corrected chi connectivity index (χ3v) is 3.30. The van der Waals surface area contributed by atoms with Crippen LogP contribution in [0.2, 0.25) is 0 Å². The molecule has 1 aromatic heterocycles. The van der Waals surface area contributed by atoms with E-state index in [-0.39, 0.29) is 6.54 Å². The number of rotatable bonds is 5. The second-order valence-corrected chi connectivity index (χ2v) is 4.84. The fourth-order valence-corrected chi connectivity index (χ4v) is 2.14. The first-order valence-corrected chi connectivity index (χ1v) is 6.90. The van der Waals surface area contributed by atoms with E-state index in [0.717, 1.165) is 27.2 Å². The van der Waals surface area contributed by atoms with E-state index in [1.165, 1.54) is 0 Å². The van der Waals surface area contributed by atoms with Gasteiger partial charge in [-0.15, -0.1) is 10.2 Å². The minimum absolute atomic E-state index is 0.309. The van der Waals surface area contributed by atoms with Gasteiger partial charge in [0.2, 0.25) is 5.82 Å². The molecule has 0 saturated heterocycles. The van der Waals surface area contributed by atoms with Crippen molar-refractivity contribution >= 4 is 5.97 Å². The van der Waals surface area contributed by atoms with Crippen molar-refractivity contribution in [2.45, 2.75) is 6.54 Å². The molecule has 0 amide bonds. The molecule has 1 N–H and O–H groups in total. The third-order valence-electron chi connectivity index (χ3n) is 3.30. The highest BCUT2D eigenvalue weighted by atomic mass is 16.5. The number of nitrogens with zero attached hydrogens (tertiary/aromatic N) is 4. The van der Waals surface area contributed by atoms with Gasteiger partial charge in [0.15, 0.2) is 6.54 Å². The number of tetrazole rings is 1. The summed E-state index contributed by atoms with van der Waals surface area (Å²) in [7, 11) is 1.63. The number of hydrogen-bond donors (Lipinski definition) is 1. The Morgan fingerprint density at radius 1 is 1.04 bits per heavy atom. The summed E-state index contributed by atoms with van der Waals surface area (Å²) in [6, 6.07) is 15.4. The first-order valence-electron chi connectivity index (χ1n) is 6.90. The summed E-state index contributed by atoms with van der Waals surface area (Å²) in [6.45, 7) is -0.309. The zero-order chi connectivity index (χ0) is 16.2. The van der Waals surface area contributed by atoms with Gasteiger partial charge >= 0.3 is 5.97 Å². The van der Waals surface area contributed by atoms with Crippen LogP contribution < -0.4 is 4.74 Å². The van der Waals surface area contributed by atoms with Crippen LogP contribution in [0.5, 0.6) is 5.75 Å². The highest BCUT2D eigenvalue weighted by molar-refractivity contribution is 5.68. The molecule has 2 aromatic carbocycles. The van der Waals surface area contributed by atoms with E-state index in [4.69, 9.17) is 9.84 Å². The van der Waals surface area contributed by atoms with Gasteiger partial charge in [-0.1, -0.05) is 36.4 Å². The first kappa shape index (κ1) is 14.7. The lowest BCUT2D eigenvalue weighted by Gasteiger charge is -2.04. The number of hydrogen-bond acceptors (Lipinski definition) is 5. The van der Waals surface area contributed by atoms with Crippen LogP contribution in [-0.4, -0.2) is 38.4 Å². The molecule has 0 atom stereocenters. The van der Waals surface area contributed by atoms with E-state index < -0.39 is 5.97 Å². The van der Waals surface area contributed by atoms with Gasteiger partial charge < -0.3 is 9.84 Å². The van der Waals surface area contributed by atoms with Crippen LogP contribution in [-0.2, 0) is 11.3 Å². The molecule has 0 radical (unpaired) electrons.